The second kappa shape index (κ2) is 11.0. The zero-order valence-electron chi connectivity index (χ0n) is 17.8. The van der Waals surface area contributed by atoms with Crippen molar-refractivity contribution in [3.63, 3.8) is 0 Å². The smallest absolute Gasteiger partial charge is 0.223 e. The molecular formula is C24H29F2N3O2. The Morgan fingerprint density at radius 3 is 1.87 bits per heavy atom. The minimum Gasteiger partial charge on any atom is -0.356 e. The largest absolute Gasteiger partial charge is 0.356 e. The zero-order valence-corrected chi connectivity index (χ0v) is 17.8. The van der Waals surface area contributed by atoms with E-state index in [9.17, 15) is 18.4 Å². The SMILES string of the molecule is CCCNC(=O)CCC(=O)N1CCN(C(c2ccc(F)cc2)c2ccc(F)cc2)CC1. The molecule has 0 radical (unpaired) electrons. The van der Waals surface area contributed by atoms with E-state index in [4.69, 9.17) is 0 Å². The summed E-state index contributed by atoms with van der Waals surface area (Å²) < 4.78 is 26.9. The van der Waals surface area contributed by atoms with Crippen LogP contribution in [0.15, 0.2) is 48.5 Å². The minimum absolute atomic E-state index is 0.0218. The molecule has 1 saturated heterocycles. The predicted molar refractivity (Wildman–Crippen MR) is 115 cm³/mol. The highest BCUT2D eigenvalue weighted by Gasteiger charge is 2.28. The summed E-state index contributed by atoms with van der Waals surface area (Å²) in [6.07, 6.45) is 1.27. The normalized spacial score (nSPS) is 14.6. The third-order valence-electron chi connectivity index (χ3n) is 5.54. The molecule has 1 aliphatic rings. The molecule has 5 nitrogen and oxygen atoms in total. The first-order valence-corrected chi connectivity index (χ1v) is 10.8. The van der Waals surface area contributed by atoms with Gasteiger partial charge in [0.05, 0.1) is 6.04 Å². The Morgan fingerprint density at radius 1 is 0.871 bits per heavy atom. The number of hydrogen-bond donors (Lipinski definition) is 1. The Labute approximate surface area is 182 Å². The lowest BCUT2D eigenvalue weighted by Gasteiger charge is -2.40. The molecule has 166 valence electrons. The van der Waals surface area contributed by atoms with Gasteiger partial charge in [0.2, 0.25) is 11.8 Å². The number of carbonyl (C=O) groups is 2. The quantitative estimate of drug-likeness (QED) is 0.699. The van der Waals surface area contributed by atoms with Crippen molar-refractivity contribution in [2.24, 2.45) is 0 Å². The van der Waals surface area contributed by atoms with Gasteiger partial charge in [-0.3, -0.25) is 14.5 Å². The number of piperazine rings is 1. The summed E-state index contributed by atoms with van der Waals surface area (Å²) in [7, 11) is 0. The van der Waals surface area contributed by atoms with E-state index in [0.717, 1.165) is 17.5 Å². The van der Waals surface area contributed by atoms with E-state index in [0.29, 0.717) is 32.7 Å². The van der Waals surface area contributed by atoms with Crippen LogP contribution in [0, 0.1) is 11.6 Å². The molecule has 0 bridgehead atoms. The Hall–Kier alpha value is -2.80. The third-order valence-corrected chi connectivity index (χ3v) is 5.54. The highest BCUT2D eigenvalue weighted by molar-refractivity contribution is 5.83. The first kappa shape index (κ1) is 22.9. The Bertz CT molecular complexity index is 818. The average molecular weight is 430 g/mol. The fourth-order valence-corrected chi connectivity index (χ4v) is 3.87. The van der Waals surface area contributed by atoms with Crippen LogP contribution >= 0.6 is 0 Å². The highest BCUT2D eigenvalue weighted by Crippen LogP contribution is 2.30. The molecule has 2 aromatic rings. The lowest BCUT2D eigenvalue weighted by Crippen LogP contribution is -2.50. The van der Waals surface area contributed by atoms with E-state index in [1.54, 1.807) is 29.2 Å². The molecule has 0 saturated carbocycles. The van der Waals surface area contributed by atoms with Crippen molar-refractivity contribution in [3.8, 4) is 0 Å². The maximum atomic E-state index is 13.4. The first-order chi connectivity index (χ1) is 15.0. The molecule has 1 fully saturated rings. The predicted octanol–water partition coefficient (Wildman–Crippen LogP) is 3.50. The summed E-state index contributed by atoms with van der Waals surface area (Å²) in [5.41, 5.74) is 1.83. The molecule has 3 rings (SSSR count). The van der Waals surface area contributed by atoms with Crippen LogP contribution in [-0.4, -0.2) is 54.3 Å². The van der Waals surface area contributed by atoms with Crippen molar-refractivity contribution in [2.75, 3.05) is 32.7 Å². The van der Waals surface area contributed by atoms with Gasteiger partial charge in [-0.25, -0.2) is 8.78 Å². The number of hydrogen-bond acceptors (Lipinski definition) is 3. The van der Waals surface area contributed by atoms with Crippen molar-refractivity contribution in [3.05, 3.63) is 71.3 Å². The molecule has 2 amide bonds. The number of nitrogens with zero attached hydrogens (tertiary/aromatic N) is 2. The molecular weight excluding hydrogens is 400 g/mol. The molecule has 0 unspecified atom stereocenters. The van der Waals surface area contributed by atoms with Crippen molar-refractivity contribution >= 4 is 11.8 Å². The van der Waals surface area contributed by atoms with E-state index in [-0.39, 0.29) is 42.3 Å². The van der Waals surface area contributed by atoms with Gasteiger partial charge in [-0.15, -0.1) is 0 Å². The van der Waals surface area contributed by atoms with Gasteiger partial charge in [-0.2, -0.15) is 0 Å². The van der Waals surface area contributed by atoms with Crippen molar-refractivity contribution < 1.29 is 18.4 Å². The van der Waals surface area contributed by atoms with Gasteiger partial charge >= 0.3 is 0 Å². The van der Waals surface area contributed by atoms with Crippen LogP contribution in [0.3, 0.4) is 0 Å². The van der Waals surface area contributed by atoms with Gasteiger partial charge in [0.25, 0.3) is 0 Å². The Morgan fingerprint density at radius 2 is 1.39 bits per heavy atom. The number of amides is 2. The topological polar surface area (TPSA) is 52.7 Å². The molecule has 1 aliphatic heterocycles. The standard InChI is InChI=1S/C24H29F2N3O2/c1-2-13-27-22(30)11-12-23(31)28-14-16-29(17-15-28)24(18-3-7-20(25)8-4-18)19-5-9-21(26)10-6-19/h3-10,24H,2,11-17H2,1H3,(H,27,30). The molecule has 31 heavy (non-hydrogen) atoms. The Kier molecular flexibility index (Phi) is 8.12. The highest BCUT2D eigenvalue weighted by atomic mass is 19.1. The number of benzene rings is 2. The molecule has 0 atom stereocenters. The van der Waals surface area contributed by atoms with E-state index in [1.165, 1.54) is 24.3 Å². The molecule has 0 aromatic heterocycles. The van der Waals surface area contributed by atoms with Gasteiger partial charge < -0.3 is 10.2 Å². The summed E-state index contributed by atoms with van der Waals surface area (Å²) in [5, 5.41) is 2.79. The first-order valence-electron chi connectivity index (χ1n) is 10.8. The van der Waals surface area contributed by atoms with Crippen LogP contribution in [0.4, 0.5) is 8.78 Å². The molecule has 7 heteroatoms. The molecule has 0 spiro atoms. The maximum absolute atomic E-state index is 13.4. The number of halogens is 2. The second-order valence-corrected chi connectivity index (χ2v) is 7.77. The van der Waals surface area contributed by atoms with Crippen LogP contribution in [0.1, 0.15) is 43.4 Å². The van der Waals surface area contributed by atoms with Crippen LogP contribution < -0.4 is 5.32 Å². The average Bonchev–Trinajstić information content (AvgIpc) is 2.79. The van der Waals surface area contributed by atoms with Crippen LogP contribution in [0.2, 0.25) is 0 Å². The van der Waals surface area contributed by atoms with E-state index in [2.05, 4.69) is 10.2 Å². The van der Waals surface area contributed by atoms with Crippen molar-refractivity contribution in [1.29, 1.82) is 0 Å². The number of carbonyl (C=O) groups excluding carboxylic acids is 2. The summed E-state index contributed by atoms with van der Waals surface area (Å²) >= 11 is 0. The molecule has 0 aliphatic carbocycles. The van der Waals surface area contributed by atoms with Gasteiger partial charge in [0.15, 0.2) is 0 Å². The summed E-state index contributed by atoms with van der Waals surface area (Å²) in [4.78, 5) is 28.3. The lowest BCUT2D eigenvalue weighted by molar-refractivity contribution is -0.135. The zero-order chi connectivity index (χ0) is 22.2. The fraction of sp³-hybridized carbons (Fsp3) is 0.417. The van der Waals surface area contributed by atoms with Gasteiger partial charge in [-0.1, -0.05) is 31.2 Å². The van der Waals surface area contributed by atoms with Crippen LogP contribution in [0.25, 0.3) is 0 Å². The van der Waals surface area contributed by atoms with Gasteiger partial charge in [-0.05, 0) is 41.8 Å². The second-order valence-electron chi connectivity index (χ2n) is 7.77. The number of rotatable bonds is 8. The third kappa shape index (κ3) is 6.34. The maximum Gasteiger partial charge on any atom is 0.223 e. The monoisotopic (exact) mass is 429 g/mol. The van der Waals surface area contributed by atoms with Crippen LogP contribution in [-0.2, 0) is 9.59 Å². The van der Waals surface area contributed by atoms with E-state index >= 15 is 0 Å². The summed E-state index contributed by atoms with van der Waals surface area (Å²) in [6, 6.07) is 12.5. The van der Waals surface area contributed by atoms with Gasteiger partial charge in [0, 0.05) is 45.6 Å². The number of nitrogens with one attached hydrogen (secondary N) is 1. The summed E-state index contributed by atoms with van der Waals surface area (Å²) in [5.74, 6) is -0.729. The summed E-state index contributed by atoms with van der Waals surface area (Å²) in [6.45, 7) is 4.97. The van der Waals surface area contributed by atoms with Crippen molar-refractivity contribution in [1.82, 2.24) is 15.1 Å². The molecule has 1 N–H and O–H groups in total. The fourth-order valence-electron chi connectivity index (χ4n) is 3.87. The van der Waals surface area contributed by atoms with Gasteiger partial charge in [0.1, 0.15) is 11.6 Å². The molecule has 1 heterocycles. The van der Waals surface area contributed by atoms with E-state index < -0.39 is 0 Å². The van der Waals surface area contributed by atoms with Crippen molar-refractivity contribution in [2.45, 2.75) is 32.2 Å². The Balaban J connectivity index is 1.64. The minimum atomic E-state index is -0.306. The van der Waals surface area contributed by atoms with Crippen LogP contribution in [0.5, 0.6) is 0 Å². The van der Waals surface area contributed by atoms with E-state index in [1.807, 2.05) is 6.92 Å². The molecule has 2 aromatic carbocycles. The lowest BCUT2D eigenvalue weighted by atomic mass is 9.96.